The molecule has 0 aromatic heterocycles. The molecule has 0 saturated carbocycles. The van der Waals surface area contributed by atoms with Crippen molar-refractivity contribution in [2.45, 2.75) is 53.0 Å². The molecule has 4 nitrogen and oxygen atoms in total. The molecular formula is C20H30N2O2S. The number of methoxy groups -OCH3 is 1. The van der Waals surface area contributed by atoms with E-state index in [1.54, 1.807) is 6.07 Å². The van der Waals surface area contributed by atoms with Gasteiger partial charge in [0, 0.05) is 18.3 Å². The lowest BCUT2D eigenvalue weighted by atomic mass is 10.0. The molecule has 138 valence electrons. The highest BCUT2D eigenvalue weighted by molar-refractivity contribution is 8.14. The fourth-order valence-corrected chi connectivity index (χ4v) is 4.30. The number of nitrogens with zero attached hydrogens (tertiary/aromatic N) is 2. The van der Waals surface area contributed by atoms with E-state index >= 15 is 0 Å². The van der Waals surface area contributed by atoms with Gasteiger partial charge in [-0.2, -0.15) is 0 Å². The average Bonchev–Trinajstić information content (AvgIpc) is 2.94. The van der Waals surface area contributed by atoms with E-state index in [1.807, 2.05) is 30.8 Å². The van der Waals surface area contributed by atoms with Crippen molar-refractivity contribution in [1.29, 1.82) is 0 Å². The molecule has 0 spiro atoms. The Hall–Kier alpha value is -1.49. The number of unbranched alkanes of at least 4 members (excludes halogenated alkanes) is 1. The Morgan fingerprint density at radius 2 is 2.20 bits per heavy atom. The number of ether oxygens (including phenoxy) is 1. The molecule has 0 radical (unpaired) electrons. The fourth-order valence-electron chi connectivity index (χ4n) is 3.07. The first-order valence-electron chi connectivity index (χ1n) is 9.13. The molecule has 1 saturated heterocycles. The summed E-state index contributed by atoms with van der Waals surface area (Å²) in [4.78, 5) is 19.1. The number of hydrogen-bond acceptors (Lipinski definition) is 4. The number of amidine groups is 1. The van der Waals surface area contributed by atoms with Gasteiger partial charge in [0.2, 0.25) is 0 Å². The lowest BCUT2D eigenvalue weighted by Gasteiger charge is -2.27. The average molecular weight is 363 g/mol. The number of esters is 1. The SMILES string of the molecule is CCCCN1C(=Nc2ccc(C(=O)OC)cc2C)SCC1CC(C)C. The van der Waals surface area contributed by atoms with Crippen LogP contribution in [-0.4, -0.2) is 41.5 Å². The van der Waals surface area contributed by atoms with Crippen molar-refractivity contribution < 1.29 is 9.53 Å². The Morgan fingerprint density at radius 1 is 1.44 bits per heavy atom. The molecule has 1 atom stereocenters. The molecule has 1 heterocycles. The number of carbonyl (C=O) groups excluding carboxylic acids is 1. The number of thioether (sulfide) groups is 1. The second kappa shape index (κ2) is 9.27. The number of carbonyl (C=O) groups is 1. The van der Waals surface area contributed by atoms with Gasteiger partial charge >= 0.3 is 5.97 Å². The van der Waals surface area contributed by atoms with Crippen molar-refractivity contribution in [3.8, 4) is 0 Å². The monoisotopic (exact) mass is 362 g/mol. The summed E-state index contributed by atoms with van der Waals surface area (Å²) in [5.74, 6) is 1.49. The minimum Gasteiger partial charge on any atom is -0.465 e. The van der Waals surface area contributed by atoms with Gasteiger partial charge < -0.3 is 9.64 Å². The summed E-state index contributed by atoms with van der Waals surface area (Å²) in [6, 6.07) is 6.14. The Balaban J connectivity index is 2.23. The largest absolute Gasteiger partial charge is 0.465 e. The minimum atomic E-state index is -0.306. The van der Waals surface area contributed by atoms with Crippen molar-refractivity contribution in [1.82, 2.24) is 4.90 Å². The Morgan fingerprint density at radius 3 is 2.80 bits per heavy atom. The van der Waals surface area contributed by atoms with Gasteiger partial charge in [-0.05, 0) is 49.4 Å². The van der Waals surface area contributed by atoms with E-state index in [4.69, 9.17) is 9.73 Å². The van der Waals surface area contributed by atoms with Gasteiger partial charge in [-0.15, -0.1) is 0 Å². The van der Waals surface area contributed by atoms with Crippen LogP contribution >= 0.6 is 11.8 Å². The van der Waals surface area contributed by atoms with E-state index in [1.165, 1.54) is 26.4 Å². The molecule has 2 rings (SSSR count). The topological polar surface area (TPSA) is 41.9 Å². The molecule has 0 bridgehead atoms. The highest BCUT2D eigenvalue weighted by Crippen LogP contribution is 2.31. The third kappa shape index (κ3) is 5.24. The third-order valence-corrected chi connectivity index (χ3v) is 5.56. The van der Waals surface area contributed by atoms with E-state index in [-0.39, 0.29) is 5.97 Å². The van der Waals surface area contributed by atoms with Crippen LogP contribution < -0.4 is 0 Å². The first-order valence-corrected chi connectivity index (χ1v) is 10.1. The van der Waals surface area contributed by atoms with Gasteiger partial charge in [-0.25, -0.2) is 9.79 Å². The smallest absolute Gasteiger partial charge is 0.337 e. The quantitative estimate of drug-likeness (QED) is 0.638. The van der Waals surface area contributed by atoms with Gasteiger partial charge in [0.05, 0.1) is 18.4 Å². The maximum atomic E-state index is 11.7. The highest BCUT2D eigenvalue weighted by atomic mass is 32.2. The van der Waals surface area contributed by atoms with Gasteiger partial charge in [0.15, 0.2) is 5.17 Å². The summed E-state index contributed by atoms with van der Waals surface area (Å²) >= 11 is 1.85. The molecule has 1 aliphatic rings. The molecule has 0 aliphatic carbocycles. The fraction of sp³-hybridized carbons (Fsp3) is 0.600. The van der Waals surface area contributed by atoms with Crippen LogP contribution in [0.1, 0.15) is 56.0 Å². The number of rotatable bonds is 7. The van der Waals surface area contributed by atoms with E-state index < -0.39 is 0 Å². The third-order valence-electron chi connectivity index (χ3n) is 4.42. The van der Waals surface area contributed by atoms with Crippen LogP contribution in [-0.2, 0) is 4.74 Å². The van der Waals surface area contributed by atoms with E-state index in [2.05, 4.69) is 25.7 Å². The van der Waals surface area contributed by atoms with Crippen LogP contribution in [0.5, 0.6) is 0 Å². The molecular weight excluding hydrogens is 332 g/mol. The lowest BCUT2D eigenvalue weighted by molar-refractivity contribution is 0.0600. The number of aryl methyl sites for hydroxylation is 1. The summed E-state index contributed by atoms with van der Waals surface area (Å²) in [5.41, 5.74) is 2.50. The van der Waals surface area contributed by atoms with Crippen LogP contribution in [0.3, 0.4) is 0 Å². The van der Waals surface area contributed by atoms with Gasteiger partial charge in [0.25, 0.3) is 0 Å². The zero-order valence-corrected chi connectivity index (χ0v) is 16.9. The lowest BCUT2D eigenvalue weighted by Crippen LogP contribution is -2.35. The predicted octanol–water partition coefficient (Wildman–Crippen LogP) is 5.03. The molecule has 1 aliphatic heterocycles. The van der Waals surface area contributed by atoms with Gasteiger partial charge in [-0.3, -0.25) is 0 Å². The summed E-state index contributed by atoms with van der Waals surface area (Å²) < 4.78 is 4.79. The van der Waals surface area contributed by atoms with Crippen LogP contribution in [0.15, 0.2) is 23.2 Å². The number of hydrogen-bond donors (Lipinski definition) is 0. The molecule has 0 N–H and O–H groups in total. The maximum absolute atomic E-state index is 11.7. The molecule has 1 fully saturated rings. The Labute approximate surface area is 156 Å². The van der Waals surface area contributed by atoms with Crippen LogP contribution in [0, 0.1) is 12.8 Å². The predicted molar refractivity (Wildman–Crippen MR) is 107 cm³/mol. The second-order valence-electron chi connectivity index (χ2n) is 7.03. The molecule has 0 amide bonds. The highest BCUT2D eigenvalue weighted by Gasteiger charge is 2.30. The van der Waals surface area contributed by atoms with E-state index in [0.29, 0.717) is 17.5 Å². The summed E-state index contributed by atoms with van der Waals surface area (Å²) in [7, 11) is 1.40. The van der Waals surface area contributed by atoms with Crippen molar-refractivity contribution in [3.05, 3.63) is 29.3 Å². The van der Waals surface area contributed by atoms with Crippen LogP contribution in [0.2, 0.25) is 0 Å². The first-order chi connectivity index (χ1) is 12.0. The Bertz CT molecular complexity index is 628. The van der Waals surface area contributed by atoms with Crippen molar-refractivity contribution in [3.63, 3.8) is 0 Å². The van der Waals surface area contributed by atoms with Crippen LogP contribution in [0.4, 0.5) is 5.69 Å². The van der Waals surface area contributed by atoms with Crippen molar-refractivity contribution in [2.75, 3.05) is 19.4 Å². The molecule has 1 aromatic carbocycles. The standard InChI is InChI=1S/C20H30N2O2S/c1-6-7-10-22-17(11-14(2)3)13-25-20(22)21-18-9-8-16(12-15(18)4)19(23)24-5/h8-9,12,14,17H,6-7,10-11,13H2,1-5H3. The van der Waals surface area contributed by atoms with Crippen molar-refractivity contribution in [2.24, 2.45) is 10.9 Å². The molecule has 5 heteroatoms. The Kier molecular flexibility index (Phi) is 7.36. The minimum absolute atomic E-state index is 0.306. The maximum Gasteiger partial charge on any atom is 0.337 e. The first kappa shape index (κ1) is 19.8. The summed E-state index contributed by atoms with van der Waals surface area (Å²) in [6.07, 6.45) is 3.58. The zero-order valence-electron chi connectivity index (χ0n) is 16.0. The van der Waals surface area contributed by atoms with Crippen molar-refractivity contribution >= 4 is 28.6 Å². The normalized spacial score (nSPS) is 19.0. The zero-order chi connectivity index (χ0) is 18.4. The van der Waals surface area contributed by atoms with Gasteiger partial charge in [-0.1, -0.05) is 39.0 Å². The molecule has 1 unspecified atom stereocenters. The molecule has 1 aromatic rings. The number of aliphatic imine (C=N–C) groups is 1. The van der Waals surface area contributed by atoms with E-state index in [9.17, 15) is 4.79 Å². The second-order valence-corrected chi connectivity index (χ2v) is 8.02. The summed E-state index contributed by atoms with van der Waals surface area (Å²) in [5, 5.41) is 1.12. The van der Waals surface area contributed by atoms with E-state index in [0.717, 1.165) is 28.7 Å². The van der Waals surface area contributed by atoms with Gasteiger partial charge in [0.1, 0.15) is 0 Å². The summed E-state index contributed by atoms with van der Waals surface area (Å²) in [6.45, 7) is 9.86. The molecule has 25 heavy (non-hydrogen) atoms. The number of benzene rings is 1. The van der Waals surface area contributed by atoms with Crippen LogP contribution in [0.25, 0.3) is 0 Å².